The van der Waals surface area contributed by atoms with Crippen LogP contribution in [0.15, 0.2) is 0 Å². The van der Waals surface area contributed by atoms with Crippen molar-refractivity contribution in [2.45, 2.75) is 44.3 Å². The molecule has 0 aromatic rings. The zero-order chi connectivity index (χ0) is 14.7. The lowest BCUT2D eigenvalue weighted by molar-refractivity contribution is -0.121. The first-order valence-corrected chi connectivity index (χ1v) is 7.61. The van der Waals surface area contributed by atoms with E-state index in [0.29, 0.717) is 18.8 Å². The van der Waals surface area contributed by atoms with Gasteiger partial charge in [0.05, 0.1) is 0 Å². The molecule has 0 amide bonds. The lowest BCUT2D eigenvalue weighted by Crippen LogP contribution is -2.58. The van der Waals surface area contributed by atoms with Crippen LogP contribution in [0, 0.1) is 5.92 Å². The molecule has 0 bridgehead atoms. The predicted octanol–water partition coefficient (Wildman–Crippen LogP) is 0.880. The number of rotatable bonds is 5. The molecule has 9 heteroatoms. The first-order valence-electron chi connectivity index (χ1n) is 6.13. The maximum absolute atomic E-state index is 12.0. The van der Waals surface area contributed by atoms with E-state index in [2.05, 4.69) is 11.6 Å². The summed E-state index contributed by atoms with van der Waals surface area (Å²) >= 11 is 0. The van der Waals surface area contributed by atoms with Crippen LogP contribution in [0.4, 0.5) is 13.2 Å². The molecule has 0 aliphatic heterocycles. The normalized spacial score (nSPS) is 29.4. The highest BCUT2D eigenvalue weighted by Gasteiger charge is 2.38. The minimum absolute atomic E-state index is 0.0760. The van der Waals surface area contributed by atoms with Crippen LogP contribution in [0.25, 0.3) is 0 Å². The van der Waals surface area contributed by atoms with Crippen molar-refractivity contribution in [3.05, 3.63) is 0 Å². The molecule has 1 aliphatic rings. The second-order valence-electron chi connectivity index (χ2n) is 5.21. The van der Waals surface area contributed by atoms with Gasteiger partial charge in [-0.2, -0.15) is 31.0 Å². The average molecular weight is 303 g/mol. The first-order chi connectivity index (χ1) is 8.58. The highest BCUT2D eigenvalue weighted by atomic mass is 32.2. The van der Waals surface area contributed by atoms with Crippen LogP contribution in [0.3, 0.4) is 0 Å². The first kappa shape index (κ1) is 16.7. The van der Waals surface area contributed by atoms with Gasteiger partial charge < -0.3 is 5.73 Å². The Morgan fingerprint density at radius 3 is 2.26 bits per heavy atom. The van der Waals surface area contributed by atoms with Crippen LogP contribution in [0.1, 0.15) is 32.6 Å². The second kappa shape index (κ2) is 5.94. The van der Waals surface area contributed by atoms with E-state index in [-0.39, 0.29) is 6.54 Å². The van der Waals surface area contributed by atoms with Gasteiger partial charge in [0.15, 0.2) is 0 Å². The van der Waals surface area contributed by atoms with Crippen molar-refractivity contribution in [1.29, 1.82) is 0 Å². The smallest absolute Gasteiger partial charge is 0.329 e. The van der Waals surface area contributed by atoms with Gasteiger partial charge in [-0.25, -0.2) is 0 Å². The van der Waals surface area contributed by atoms with Crippen molar-refractivity contribution in [2.75, 3.05) is 13.1 Å². The fourth-order valence-electron chi connectivity index (χ4n) is 2.16. The summed E-state index contributed by atoms with van der Waals surface area (Å²) in [4.78, 5) is 0. The Morgan fingerprint density at radius 1 is 1.32 bits per heavy atom. The van der Waals surface area contributed by atoms with Crippen LogP contribution < -0.4 is 15.2 Å². The monoisotopic (exact) mass is 303 g/mol. The molecule has 1 aliphatic carbocycles. The third kappa shape index (κ3) is 5.64. The zero-order valence-corrected chi connectivity index (χ0v) is 11.6. The molecular formula is C10H20F3N3O2S. The maximum Gasteiger partial charge on any atom is 0.402 e. The molecule has 4 N–H and O–H groups in total. The van der Waals surface area contributed by atoms with Gasteiger partial charge in [0, 0.05) is 12.1 Å². The Morgan fingerprint density at radius 2 is 1.84 bits per heavy atom. The van der Waals surface area contributed by atoms with Gasteiger partial charge in [-0.15, -0.1) is 0 Å². The Kier molecular flexibility index (Phi) is 5.21. The number of alkyl halides is 3. The van der Waals surface area contributed by atoms with Gasteiger partial charge >= 0.3 is 6.18 Å². The second-order valence-corrected chi connectivity index (χ2v) is 6.71. The Bertz CT molecular complexity index is 389. The summed E-state index contributed by atoms with van der Waals surface area (Å²) in [5, 5.41) is 0. The van der Waals surface area contributed by atoms with Crippen molar-refractivity contribution in [2.24, 2.45) is 11.7 Å². The zero-order valence-electron chi connectivity index (χ0n) is 10.8. The van der Waals surface area contributed by atoms with E-state index in [0.717, 1.165) is 12.8 Å². The Balaban J connectivity index is 2.64. The van der Waals surface area contributed by atoms with E-state index in [4.69, 9.17) is 5.73 Å². The van der Waals surface area contributed by atoms with Crippen molar-refractivity contribution < 1.29 is 21.6 Å². The number of hydrogen-bond donors (Lipinski definition) is 3. The van der Waals surface area contributed by atoms with E-state index in [1.165, 1.54) is 4.72 Å². The minimum Gasteiger partial charge on any atom is -0.329 e. The molecule has 0 heterocycles. The molecule has 0 saturated heterocycles. The lowest BCUT2D eigenvalue weighted by atomic mass is 9.78. The summed E-state index contributed by atoms with van der Waals surface area (Å²) in [6, 6.07) is 0. The van der Waals surface area contributed by atoms with E-state index in [1.807, 2.05) is 0 Å². The topological polar surface area (TPSA) is 84.2 Å². The summed E-state index contributed by atoms with van der Waals surface area (Å²) in [5.41, 5.74) is 4.77. The molecule has 1 saturated carbocycles. The fraction of sp³-hybridized carbons (Fsp3) is 1.00. The highest BCUT2D eigenvalue weighted by Crippen LogP contribution is 2.31. The van der Waals surface area contributed by atoms with Gasteiger partial charge in [-0.1, -0.05) is 6.92 Å². The molecule has 0 aromatic carbocycles. The van der Waals surface area contributed by atoms with E-state index in [9.17, 15) is 21.6 Å². The van der Waals surface area contributed by atoms with Crippen LogP contribution >= 0.6 is 0 Å². The van der Waals surface area contributed by atoms with Crippen LogP contribution in [0.5, 0.6) is 0 Å². The third-order valence-corrected chi connectivity index (χ3v) is 4.66. The highest BCUT2D eigenvalue weighted by molar-refractivity contribution is 7.87. The Hall–Kier alpha value is -0.380. The van der Waals surface area contributed by atoms with Gasteiger partial charge in [0.1, 0.15) is 6.54 Å². The third-order valence-electron chi connectivity index (χ3n) is 3.44. The SMILES string of the molecule is CC1CCC(CN)(NS(=O)(=O)NCC(F)(F)F)CC1. The molecule has 114 valence electrons. The summed E-state index contributed by atoms with van der Waals surface area (Å²) in [6.45, 7) is 0.545. The van der Waals surface area contributed by atoms with Crippen molar-refractivity contribution in [3.63, 3.8) is 0 Å². The molecule has 1 fully saturated rings. The van der Waals surface area contributed by atoms with Gasteiger partial charge in [-0.05, 0) is 31.6 Å². The van der Waals surface area contributed by atoms with E-state index >= 15 is 0 Å². The van der Waals surface area contributed by atoms with Crippen LogP contribution in [0.2, 0.25) is 0 Å². The Labute approximate surface area is 111 Å². The largest absolute Gasteiger partial charge is 0.402 e. The fourth-order valence-corrected chi connectivity index (χ4v) is 3.44. The molecule has 0 atom stereocenters. The molecule has 19 heavy (non-hydrogen) atoms. The van der Waals surface area contributed by atoms with E-state index < -0.39 is 28.5 Å². The van der Waals surface area contributed by atoms with Crippen LogP contribution in [-0.2, 0) is 10.2 Å². The summed E-state index contributed by atoms with van der Waals surface area (Å²) in [7, 11) is -4.20. The van der Waals surface area contributed by atoms with Crippen molar-refractivity contribution >= 4 is 10.2 Å². The quantitative estimate of drug-likeness (QED) is 0.705. The molecular weight excluding hydrogens is 283 g/mol. The average Bonchev–Trinajstić information content (AvgIpc) is 2.29. The summed E-state index contributed by atoms with van der Waals surface area (Å²) in [5.74, 6) is 0.479. The summed E-state index contributed by atoms with van der Waals surface area (Å²) < 4.78 is 63.1. The molecule has 0 radical (unpaired) electrons. The van der Waals surface area contributed by atoms with Gasteiger partial charge in [-0.3, -0.25) is 0 Å². The number of nitrogens with two attached hydrogens (primary N) is 1. The molecule has 0 unspecified atom stereocenters. The number of nitrogens with one attached hydrogen (secondary N) is 2. The standard InChI is InChI=1S/C10H20F3N3O2S/c1-8-2-4-9(6-14,5-3-8)16-19(17,18)15-7-10(11,12)13/h8,15-16H,2-7,14H2,1H3. The molecule has 1 rings (SSSR count). The number of hydrogen-bond acceptors (Lipinski definition) is 3. The molecule has 5 nitrogen and oxygen atoms in total. The van der Waals surface area contributed by atoms with E-state index in [1.54, 1.807) is 0 Å². The van der Waals surface area contributed by atoms with Gasteiger partial charge in [0.25, 0.3) is 10.2 Å². The van der Waals surface area contributed by atoms with Gasteiger partial charge in [0.2, 0.25) is 0 Å². The molecule has 0 aromatic heterocycles. The summed E-state index contributed by atoms with van der Waals surface area (Å²) in [6.07, 6.45) is -1.89. The van der Waals surface area contributed by atoms with Crippen molar-refractivity contribution in [1.82, 2.24) is 9.44 Å². The predicted molar refractivity (Wildman–Crippen MR) is 65.5 cm³/mol. The minimum atomic E-state index is -4.58. The lowest BCUT2D eigenvalue weighted by Gasteiger charge is -2.38. The van der Waals surface area contributed by atoms with Crippen molar-refractivity contribution in [3.8, 4) is 0 Å². The maximum atomic E-state index is 12.0. The number of halogens is 3. The van der Waals surface area contributed by atoms with Crippen LogP contribution in [-0.4, -0.2) is 33.2 Å². The molecule has 0 spiro atoms.